The summed E-state index contributed by atoms with van der Waals surface area (Å²) in [5.74, 6) is -0.809. The zero-order chi connectivity index (χ0) is 13.4. The number of Topliss-reactive ketones (excluding diaryl/α,β-unsaturated/α-hetero) is 1. The van der Waals surface area contributed by atoms with Crippen LogP contribution in [0.25, 0.3) is 0 Å². The molecule has 94 valence electrons. The molecular formula is C10H6F5IO. The number of alkyl halides is 5. The summed E-state index contributed by atoms with van der Waals surface area (Å²) >= 11 is 1.48. The van der Waals surface area contributed by atoms with E-state index in [2.05, 4.69) is 0 Å². The first-order chi connectivity index (χ1) is 7.64. The molecule has 0 saturated heterocycles. The number of hydrogen-bond acceptors (Lipinski definition) is 1. The Morgan fingerprint density at radius 3 is 2.18 bits per heavy atom. The zero-order valence-electron chi connectivity index (χ0n) is 8.41. The minimum atomic E-state index is -4.82. The lowest BCUT2D eigenvalue weighted by molar-refractivity contribution is -0.138. The van der Waals surface area contributed by atoms with Crippen molar-refractivity contribution >= 4 is 28.4 Å². The van der Waals surface area contributed by atoms with Crippen LogP contribution in [0.2, 0.25) is 0 Å². The Morgan fingerprint density at radius 2 is 1.82 bits per heavy atom. The number of halogens is 6. The third-order valence-electron chi connectivity index (χ3n) is 2.06. The van der Waals surface area contributed by atoms with E-state index in [1.165, 1.54) is 22.6 Å². The molecule has 0 aliphatic rings. The molecule has 0 aliphatic heterocycles. The summed E-state index contributed by atoms with van der Waals surface area (Å²) in [7, 11) is 0. The molecule has 0 aliphatic carbocycles. The van der Waals surface area contributed by atoms with Crippen molar-refractivity contribution in [3.8, 4) is 0 Å². The van der Waals surface area contributed by atoms with Crippen LogP contribution in [0, 0.1) is 3.57 Å². The highest BCUT2D eigenvalue weighted by atomic mass is 127. The van der Waals surface area contributed by atoms with E-state index in [9.17, 15) is 26.7 Å². The number of rotatable bonds is 2. The normalized spacial score (nSPS) is 12.0. The van der Waals surface area contributed by atoms with Crippen LogP contribution in [0.3, 0.4) is 0 Å². The minimum Gasteiger partial charge on any atom is -0.294 e. The molecule has 1 aromatic carbocycles. The van der Waals surface area contributed by atoms with E-state index in [0.717, 1.165) is 13.0 Å². The van der Waals surface area contributed by atoms with Crippen molar-refractivity contribution in [2.24, 2.45) is 0 Å². The van der Waals surface area contributed by atoms with Crippen LogP contribution in [0.5, 0.6) is 0 Å². The second-order valence-electron chi connectivity index (χ2n) is 3.27. The molecule has 1 aromatic rings. The fourth-order valence-electron chi connectivity index (χ4n) is 1.28. The summed E-state index contributed by atoms with van der Waals surface area (Å²) in [6.07, 6.45) is -7.83. The average Bonchev–Trinajstić information content (AvgIpc) is 2.14. The molecule has 0 atom stereocenters. The molecule has 0 N–H and O–H groups in total. The smallest absolute Gasteiger partial charge is 0.294 e. The standard InChI is InChI=1S/C10H6F5IO/c1-4(17)5-3-8(16)6(9(11)12)2-7(5)10(13,14)15/h2-3,9H,1H3. The second kappa shape index (κ2) is 4.87. The first-order valence-electron chi connectivity index (χ1n) is 4.34. The highest BCUT2D eigenvalue weighted by molar-refractivity contribution is 14.1. The fraction of sp³-hybridized carbons (Fsp3) is 0.300. The summed E-state index contributed by atoms with van der Waals surface area (Å²) in [5.41, 5.74) is -2.63. The average molecular weight is 364 g/mol. The maximum Gasteiger partial charge on any atom is 0.417 e. The maximum absolute atomic E-state index is 12.6. The molecule has 7 heteroatoms. The monoisotopic (exact) mass is 364 g/mol. The zero-order valence-corrected chi connectivity index (χ0v) is 10.6. The molecule has 1 nitrogen and oxygen atoms in total. The van der Waals surface area contributed by atoms with Gasteiger partial charge in [-0.2, -0.15) is 13.2 Å². The largest absolute Gasteiger partial charge is 0.417 e. The predicted molar refractivity (Wildman–Crippen MR) is 59.1 cm³/mol. The van der Waals surface area contributed by atoms with E-state index in [1.54, 1.807) is 0 Å². The molecule has 0 unspecified atom stereocenters. The Kier molecular flexibility index (Phi) is 4.11. The highest BCUT2D eigenvalue weighted by Gasteiger charge is 2.36. The summed E-state index contributed by atoms with van der Waals surface area (Å²) in [6.45, 7) is 0.961. The van der Waals surface area contributed by atoms with Gasteiger partial charge in [-0.1, -0.05) is 0 Å². The quantitative estimate of drug-likeness (QED) is 0.431. The summed E-state index contributed by atoms with van der Waals surface area (Å²) < 4.78 is 62.6. The van der Waals surface area contributed by atoms with Crippen LogP contribution in [0.4, 0.5) is 22.0 Å². The molecule has 0 spiro atoms. The number of ketones is 1. The highest BCUT2D eigenvalue weighted by Crippen LogP contribution is 2.36. The van der Waals surface area contributed by atoms with Gasteiger partial charge in [0.25, 0.3) is 6.43 Å². The van der Waals surface area contributed by atoms with Gasteiger partial charge < -0.3 is 0 Å². The van der Waals surface area contributed by atoms with Gasteiger partial charge >= 0.3 is 6.18 Å². The Hall–Kier alpha value is -0.730. The molecule has 0 saturated carbocycles. The number of carbonyl (C=O) groups excluding carboxylic acids is 1. The van der Waals surface area contributed by atoms with Crippen molar-refractivity contribution in [1.82, 2.24) is 0 Å². The molecule has 0 aromatic heterocycles. The third-order valence-corrected chi connectivity index (χ3v) is 2.99. The Balaban J connectivity index is 3.54. The van der Waals surface area contributed by atoms with Crippen LogP contribution in [-0.2, 0) is 6.18 Å². The van der Waals surface area contributed by atoms with Crippen molar-refractivity contribution in [2.75, 3.05) is 0 Å². The number of carbonyl (C=O) groups is 1. The molecule has 0 bridgehead atoms. The SMILES string of the molecule is CC(=O)c1cc(I)c(C(F)F)cc1C(F)(F)F. The van der Waals surface area contributed by atoms with Gasteiger partial charge in [0.15, 0.2) is 5.78 Å². The number of benzene rings is 1. The van der Waals surface area contributed by atoms with E-state index in [0.29, 0.717) is 6.07 Å². The van der Waals surface area contributed by atoms with E-state index >= 15 is 0 Å². The second-order valence-corrected chi connectivity index (χ2v) is 4.44. The van der Waals surface area contributed by atoms with Crippen molar-refractivity contribution < 1.29 is 26.7 Å². The Morgan fingerprint density at radius 1 is 1.29 bits per heavy atom. The molecule has 1 rings (SSSR count). The van der Waals surface area contributed by atoms with Gasteiger partial charge in [0, 0.05) is 14.7 Å². The Bertz CT molecular complexity index is 453. The Labute approximate surface area is 107 Å². The predicted octanol–water partition coefficient (Wildman–Crippen LogP) is 4.45. The third kappa shape index (κ3) is 3.14. The molecule has 0 fully saturated rings. The lowest BCUT2D eigenvalue weighted by atomic mass is 10.0. The van der Waals surface area contributed by atoms with Crippen LogP contribution in [-0.4, -0.2) is 5.78 Å². The lowest BCUT2D eigenvalue weighted by Crippen LogP contribution is -2.13. The van der Waals surface area contributed by atoms with Gasteiger partial charge in [-0.05, 0) is 41.6 Å². The van der Waals surface area contributed by atoms with E-state index < -0.39 is 35.1 Å². The van der Waals surface area contributed by atoms with Crippen LogP contribution in [0.15, 0.2) is 12.1 Å². The van der Waals surface area contributed by atoms with Gasteiger partial charge in [-0.3, -0.25) is 4.79 Å². The van der Waals surface area contributed by atoms with Gasteiger partial charge in [-0.15, -0.1) is 0 Å². The first kappa shape index (κ1) is 14.3. The number of hydrogen-bond donors (Lipinski definition) is 0. The summed E-state index contributed by atoms with van der Waals surface area (Å²) in [5, 5.41) is 0. The van der Waals surface area contributed by atoms with Crippen LogP contribution >= 0.6 is 22.6 Å². The maximum atomic E-state index is 12.6. The van der Waals surface area contributed by atoms with Crippen molar-refractivity contribution in [3.63, 3.8) is 0 Å². The summed E-state index contributed by atoms with van der Waals surface area (Å²) in [6, 6.07) is 1.18. The van der Waals surface area contributed by atoms with Crippen molar-refractivity contribution in [1.29, 1.82) is 0 Å². The van der Waals surface area contributed by atoms with E-state index in [-0.39, 0.29) is 3.57 Å². The van der Waals surface area contributed by atoms with Gasteiger partial charge in [0.2, 0.25) is 0 Å². The van der Waals surface area contributed by atoms with Gasteiger partial charge in [0.05, 0.1) is 5.56 Å². The van der Waals surface area contributed by atoms with Crippen molar-refractivity contribution in [2.45, 2.75) is 19.5 Å². The molecule has 17 heavy (non-hydrogen) atoms. The lowest BCUT2D eigenvalue weighted by Gasteiger charge is -2.14. The molecule has 0 radical (unpaired) electrons. The first-order valence-corrected chi connectivity index (χ1v) is 5.42. The molecule has 0 heterocycles. The van der Waals surface area contributed by atoms with E-state index in [4.69, 9.17) is 0 Å². The van der Waals surface area contributed by atoms with Crippen molar-refractivity contribution in [3.05, 3.63) is 32.4 Å². The van der Waals surface area contributed by atoms with Gasteiger partial charge in [-0.25, -0.2) is 8.78 Å². The topological polar surface area (TPSA) is 17.1 Å². The molecular weight excluding hydrogens is 358 g/mol. The van der Waals surface area contributed by atoms with Gasteiger partial charge in [0.1, 0.15) is 0 Å². The van der Waals surface area contributed by atoms with Crippen LogP contribution < -0.4 is 0 Å². The summed E-state index contributed by atoms with van der Waals surface area (Å²) in [4.78, 5) is 11.1. The minimum absolute atomic E-state index is 0.0594. The van der Waals surface area contributed by atoms with Crippen LogP contribution in [0.1, 0.15) is 34.8 Å². The van der Waals surface area contributed by atoms with E-state index in [1.807, 2.05) is 0 Å². The fourth-order valence-corrected chi connectivity index (χ4v) is 1.99. The molecule has 0 amide bonds.